The van der Waals surface area contributed by atoms with Crippen LogP contribution in [0.1, 0.15) is 6.42 Å². The van der Waals surface area contributed by atoms with Crippen LogP contribution in [0, 0.1) is 0 Å². The van der Waals surface area contributed by atoms with E-state index in [0.717, 1.165) is 17.3 Å². The van der Waals surface area contributed by atoms with Gasteiger partial charge in [0.05, 0.1) is 10.6 Å². The molecule has 8 heteroatoms. The van der Waals surface area contributed by atoms with Gasteiger partial charge in [0.25, 0.3) is 10.0 Å². The number of amides is 1. The first kappa shape index (κ1) is 21.2. The molecule has 6 nitrogen and oxygen atoms in total. The number of halogens is 1. The predicted octanol–water partition coefficient (Wildman–Crippen LogP) is 2.60. The summed E-state index contributed by atoms with van der Waals surface area (Å²) in [5.41, 5.74) is 0.381. The fourth-order valence-corrected chi connectivity index (χ4v) is 4.02. The van der Waals surface area contributed by atoms with Crippen molar-refractivity contribution in [3.05, 3.63) is 59.6 Å². The molecule has 0 saturated carbocycles. The Hall–Kier alpha value is -2.09. The van der Waals surface area contributed by atoms with Gasteiger partial charge in [0.1, 0.15) is 6.54 Å². The number of nitrogens with zero attached hydrogens (tertiary/aromatic N) is 2. The number of rotatable bonds is 9. The molecule has 2 aromatic rings. The lowest BCUT2D eigenvalue weighted by Crippen LogP contribution is -2.41. The maximum Gasteiger partial charge on any atom is 0.264 e. The second-order valence-electron chi connectivity index (χ2n) is 6.31. The Morgan fingerprint density at radius 1 is 1.04 bits per heavy atom. The lowest BCUT2D eigenvalue weighted by molar-refractivity contribution is -0.119. The summed E-state index contributed by atoms with van der Waals surface area (Å²) in [5.74, 6) is -0.358. The highest BCUT2D eigenvalue weighted by molar-refractivity contribution is 7.92. The van der Waals surface area contributed by atoms with Gasteiger partial charge in [0.2, 0.25) is 5.91 Å². The molecule has 0 aromatic heterocycles. The van der Waals surface area contributed by atoms with E-state index < -0.39 is 10.0 Å². The smallest absolute Gasteiger partial charge is 0.264 e. The summed E-state index contributed by atoms with van der Waals surface area (Å²) in [6.07, 6.45) is 0.783. The fourth-order valence-electron chi connectivity index (χ4n) is 2.45. The molecule has 0 heterocycles. The van der Waals surface area contributed by atoms with Gasteiger partial charge in [-0.2, -0.15) is 0 Å². The molecule has 0 aliphatic carbocycles. The third kappa shape index (κ3) is 6.23. The molecule has 0 unspecified atom stereocenters. The molecule has 0 radical (unpaired) electrons. The van der Waals surface area contributed by atoms with Crippen molar-refractivity contribution < 1.29 is 13.2 Å². The quantitative estimate of drug-likeness (QED) is 0.646. The Kier molecular flexibility index (Phi) is 7.65. The van der Waals surface area contributed by atoms with Gasteiger partial charge in [-0.25, -0.2) is 8.42 Å². The zero-order valence-corrected chi connectivity index (χ0v) is 17.0. The molecule has 0 aliphatic heterocycles. The van der Waals surface area contributed by atoms with Crippen molar-refractivity contribution in [3.8, 4) is 0 Å². The van der Waals surface area contributed by atoms with Crippen LogP contribution in [0.4, 0.5) is 5.69 Å². The second kappa shape index (κ2) is 9.73. The molecule has 1 N–H and O–H groups in total. The summed E-state index contributed by atoms with van der Waals surface area (Å²) in [7, 11) is 0.0249. The van der Waals surface area contributed by atoms with E-state index in [9.17, 15) is 13.2 Å². The van der Waals surface area contributed by atoms with Crippen LogP contribution < -0.4 is 9.62 Å². The summed E-state index contributed by atoms with van der Waals surface area (Å²) >= 11 is 5.91. The van der Waals surface area contributed by atoms with Gasteiger partial charge in [-0.3, -0.25) is 9.10 Å². The number of anilines is 1. The maximum absolute atomic E-state index is 13.1. The summed E-state index contributed by atoms with van der Waals surface area (Å²) in [6.45, 7) is 1.02. The van der Waals surface area contributed by atoms with Crippen molar-refractivity contribution in [3.63, 3.8) is 0 Å². The second-order valence-corrected chi connectivity index (χ2v) is 8.61. The van der Waals surface area contributed by atoms with Crippen LogP contribution in [0.25, 0.3) is 0 Å². The van der Waals surface area contributed by atoms with Crippen LogP contribution >= 0.6 is 11.6 Å². The van der Waals surface area contributed by atoms with Gasteiger partial charge in [0.15, 0.2) is 0 Å². The Labute approximate surface area is 165 Å². The van der Waals surface area contributed by atoms with E-state index in [-0.39, 0.29) is 17.3 Å². The van der Waals surface area contributed by atoms with Crippen LogP contribution in [0.2, 0.25) is 5.02 Å². The number of hydrogen-bond donors (Lipinski definition) is 1. The molecule has 2 rings (SSSR count). The molecule has 0 spiro atoms. The standard InChI is InChI=1S/C19H24ClN3O3S/c1-22(2)14-6-13-21-19(24)15-23(17-11-9-16(20)10-12-17)27(25,26)18-7-4-3-5-8-18/h3-5,7-12H,6,13-15H2,1-2H3,(H,21,24). The minimum absolute atomic E-state index is 0.125. The molecule has 0 saturated heterocycles. The first-order chi connectivity index (χ1) is 12.8. The summed E-state index contributed by atoms with van der Waals surface area (Å²) in [5, 5.41) is 3.27. The number of sulfonamides is 1. The zero-order valence-electron chi connectivity index (χ0n) is 15.4. The average Bonchev–Trinajstić information content (AvgIpc) is 2.64. The number of carbonyl (C=O) groups is 1. The summed E-state index contributed by atoms with van der Waals surface area (Å²) < 4.78 is 27.3. The molecule has 1 amide bonds. The Morgan fingerprint density at radius 3 is 2.26 bits per heavy atom. The molecule has 0 bridgehead atoms. The highest BCUT2D eigenvalue weighted by Gasteiger charge is 2.26. The van der Waals surface area contributed by atoms with Crippen molar-refractivity contribution in [2.75, 3.05) is 38.0 Å². The van der Waals surface area contributed by atoms with Crippen LogP contribution in [0.5, 0.6) is 0 Å². The fraction of sp³-hybridized carbons (Fsp3) is 0.316. The summed E-state index contributed by atoms with van der Waals surface area (Å²) in [6, 6.07) is 14.4. The average molecular weight is 410 g/mol. The Morgan fingerprint density at radius 2 is 1.67 bits per heavy atom. The highest BCUT2D eigenvalue weighted by Crippen LogP contribution is 2.24. The van der Waals surface area contributed by atoms with Crippen LogP contribution in [-0.4, -0.2) is 53.0 Å². The normalized spacial score (nSPS) is 11.4. The molecule has 146 valence electrons. The molecule has 2 aromatic carbocycles. The largest absolute Gasteiger partial charge is 0.354 e. The van der Waals surface area contributed by atoms with Crippen LogP contribution in [-0.2, 0) is 14.8 Å². The number of benzene rings is 2. The van der Waals surface area contributed by atoms with Gasteiger partial charge in [-0.1, -0.05) is 29.8 Å². The van der Waals surface area contributed by atoms with Gasteiger partial charge >= 0.3 is 0 Å². The van der Waals surface area contributed by atoms with E-state index in [4.69, 9.17) is 11.6 Å². The first-order valence-electron chi connectivity index (χ1n) is 8.55. The topological polar surface area (TPSA) is 69.7 Å². The van der Waals surface area contributed by atoms with Crippen molar-refractivity contribution >= 4 is 33.2 Å². The third-order valence-corrected chi connectivity index (χ3v) is 5.88. The van der Waals surface area contributed by atoms with Gasteiger partial charge in [0, 0.05) is 11.6 Å². The monoisotopic (exact) mass is 409 g/mol. The maximum atomic E-state index is 13.1. The zero-order chi connectivity index (χ0) is 19.9. The first-order valence-corrected chi connectivity index (χ1v) is 10.4. The molecular formula is C19H24ClN3O3S. The Balaban J connectivity index is 2.21. The number of carbonyl (C=O) groups excluding carboxylic acids is 1. The van der Waals surface area contributed by atoms with Crippen molar-refractivity contribution in [2.24, 2.45) is 0 Å². The van der Waals surface area contributed by atoms with E-state index in [1.807, 2.05) is 19.0 Å². The molecular weight excluding hydrogens is 386 g/mol. The predicted molar refractivity (Wildman–Crippen MR) is 109 cm³/mol. The van der Waals surface area contributed by atoms with Gasteiger partial charge in [-0.15, -0.1) is 0 Å². The van der Waals surface area contributed by atoms with E-state index in [1.54, 1.807) is 42.5 Å². The third-order valence-electron chi connectivity index (χ3n) is 3.84. The van der Waals surface area contributed by atoms with E-state index in [0.29, 0.717) is 17.3 Å². The number of nitrogens with one attached hydrogen (secondary N) is 1. The van der Waals surface area contributed by atoms with E-state index >= 15 is 0 Å². The lowest BCUT2D eigenvalue weighted by Gasteiger charge is -2.24. The van der Waals surface area contributed by atoms with E-state index in [2.05, 4.69) is 5.32 Å². The van der Waals surface area contributed by atoms with Gasteiger partial charge in [-0.05, 0) is 63.5 Å². The van der Waals surface area contributed by atoms with Crippen molar-refractivity contribution in [1.82, 2.24) is 10.2 Å². The molecule has 27 heavy (non-hydrogen) atoms. The highest BCUT2D eigenvalue weighted by atomic mass is 35.5. The van der Waals surface area contributed by atoms with Crippen LogP contribution in [0.3, 0.4) is 0 Å². The van der Waals surface area contributed by atoms with Gasteiger partial charge < -0.3 is 10.2 Å². The summed E-state index contributed by atoms with van der Waals surface area (Å²) in [4.78, 5) is 14.5. The molecule has 0 atom stereocenters. The minimum atomic E-state index is -3.88. The minimum Gasteiger partial charge on any atom is -0.354 e. The van der Waals surface area contributed by atoms with Crippen molar-refractivity contribution in [1.29, 1.82) is 0 Å². The number of hydrogen-bond acceptors (Lipinski definition) is 4. The molecule has 0 fully saturated rings. The van der Waals surface area contributed by atoms with Crippen LogP contribution in [0.15, 0.2) is 59.5 Å². The van der Waals surface area contributed by atoms with Crippen molar-refractivity contribution in [2.45, 2.75) is 11.3 Å². The van der Waals surface area contributed by atoms with E-state index in [1.165, 1.54) is 12.1 Å². The lowest BCUT2D eigenvalue weighted by atomic mass is 10.3. The Bertz CT molecular complexity index is 840. The SMILES string of the molecule is CN(C)CCCNC(=O)CN(c1ccc(Cl)cc1)S(=O)(=O)c1ccccc1. The molecule has 0 aliphatic rings.